The van der Waals surface area contributed by atoms with Gasteiger partial charge in [0.2, 0.25) is 35.4 Å². The zero-order chi connectivity index (χ0) is 72.6. The number of aliphatic carboxylic acids is 1. The standard InChI is InChI=1S/C18H15ClFNO3.C14H10F4N4O7S.C14H17N5O7S2.C3H8NO5P.C3H9S/c1-3-10(2)24-16-9-15(14(20)8-13(16)19)21-17(22)11-6-4-5-7-12(11)18(21)23;15-11(16)28-8-5-9(29-12(17)18)20-13(19-8)21-14(25)22-30(26,27)7-4-2-1-3-6(7)10(23)24;1-4-27(21,22)9-6-5-7-15-12(9)28(23,24)19-14(20)18-13-16-10(25-2)8-11(17-13)26-3;5-3(6)1-4-2-10(7,8)9;1-4(2)3/h1,8-10H,4-7H2,2H3;1-5,11-12H,(H,23,24)(H2,19,20,21,22,25);5-8H,4H2,1-3H3,(H2,16,17,18,19,20);4H,1-2H2,(H,5,6)(H2,7,8,9);1-3H3/q;;;;+1/p-1. The molecule has 1 aliphatic carbocycles. The summed E-state index contributed by atoms with van der Waals surface area (Å²) in [7, 11) is -14.3. The topological polar surface area (TPSA) is 480 Å². The molecule has 0 saturated carbocycles. The fraction of sp³-hybridized carbons (Fsp3) is 0.327. The molecule has 8 N–H and O–H groups in total. The van der Waals surface area contributed by atoms with E-state index in [1.54, 1.807) is 17.0 Å². The largest absolute Gasteiger partial charge is 0.778 e. The van der Waals surface area contributed by atoms with Gasteiger partial charge in [-0.1, -0.05) is 36.6 Å². The number of imide groups is 1. The van der Waals surface area contributed by atoms with E-state index in [0.717, 1.165) is 48.2 Å². The molecular weight excluding hydrogens is 1420 g/mol. The van der Waals surface area contributed by atoms with Gasteiger partial charge in [0, 0.05) is 23.4 Å². The number of sulfone groups is 1. The Kier molecular flexibility index (Phi) is 31.0. The molecule has 0 radical (unpaired) electrons. The Labute approximate surface area is 551 Å². The number of anilines is 3. The zero-order valence-corrected chi connectivity index (χ0v) is 55.7. The number of hydrogen-bond acceptors (Lipinski definition) is 25. The van der Waals surface area contributed by atoms with Crippen LogP contribution in [0.15, 0.2) is 92.8 Å². The van der Waals surface area contributed by atoms with E-state index in [4.69, 9.17) is 47.3 Å². The van der Waals surface area contributed by atoms with Gasteiger partial charge in [-0.05, 0) is 73.8 Å². The summed E-state index contributed by atoms with van der Waals surface area (Å²) in [4.78, 5) is 105. The van der Waals surface area contributed by atoms with Crippen LogP contribution in [0.1, 0.15) is 49.9 Å². The van der Waals surface area contributed by atoms with Gasteiger partial charge in [0.05, 0.1) is 80.0 Å². The number of rotatable bonds is 22. The second-order valence-corrected chi connectivity index (χ2v) is 28.6. The van der Waals surface area contributed by atoms with E-state index in [1.165, 1.54) is 56.2 Å². The number of alkyl halides is 4. The minimum absolute atomic E-state index is 0.0233. The number of terminal acetylenes is 1. The third-order valence-electron chi connectivity index (χ3n) is 11.0. The van der Waals surface area contributed by atoms with Crippen molar-refractivity contribution in [2.24, 2.45) is 0 Å². The molecule has 0 fully saturated rings. The van der Waals surface area contributed by atoms with E-state index in [1.807, 2.05) is 5.32 Å². The van der Waals surface area contributed by atoms with E-state index in [-0.39, 0.29) is 39.9 Å². The van der Waals surface area contributed by atoms with Crippen LogP contribution in [0.5, 0.6) is 29.3 Å². The minimum atomic E-state index is -4.71. The number of carbonyl (C=O) groups is 6. The molecule has 0 bridgehead atoms. The second-order valence-electron chi connectivity index (χ2n) is 18.6. The van der Waals surface area contributed by atoms with E-state index in [2.05, 4.69) is 64.4 Å². The molecule has 3 aromatic heterocycles. The lowest BCUT2D eigenvalue weighted by molar-refractivity contribution is -0.193. The molecule has 524 valence electrons. The monoisotopic (exact) mass is 1480 g/mol. The molecule has 0 spiro atoms. The highest BCUT2D eigenvalue weighted by Gasteiger charge is 2.41. The molecule has 4 heterocycles. The summed E-state index contributed by atoms with van der Waals surface area (Å²) in [6.45, 7) is -4.31. The summed E-state index contributed by atoms with van der Waals surface area (Å²) in [6.07, 6.45) is 14.4. The fourth-order valence-corrected chi connectivity index (χ4v) is 11.4. The van der Waals surface area contributed by atoms with Gasteiger partial charge in [0.15, 0.2) is 21.0 Å². The number of aromatic carboxylic acids is 1. The van der Waals surface area contributed by atoms with Crippen molar-refractivity contribution < 1.29 is 124 Å². The highest BCUT2D eigenvalue weighted by Crippen LogP contribution is 2.40. The molecule has 1 aliphatic heterocycles. The Hall–Kier alpha value is -9.08. The quantitative estimate of drug-likeness (QED) is 0.0157. The number of halogens is 6. The minimum Gasteiger partial charge on any atom is -0.778 e. The maximum absolute atomic E-state index is 14.4. The van der Waals surface area contributed by atoms with Crippen LogP contribution in [0.3, 0.4) is 0 Å². The first kappa shape index (κ1) is 81.2. The number of ether oxygens (including phenoxy) is 5. The van der Waals surface area contributed by atoms with Gasteiger partial charge in [-0.3, -0.25) is 30.3 Å². The number of benzene rings is 2. The van der Waals surface area contributed by atoms with E-state index >= 15 is 0 Å². The van der Waals surface area contributed by atoms with Crippen molar-refractivity contribution in [2.75, 3.05) is 67.1 Å². The van der Waals surface area contributed by atoms with Gasteiger partial charge >= 0.3 is 37.2 Å². The molecule has 2 aliphatic rings. The number of carbonyl (C=O) groups excluding carboxylic acids is 4. The van der Waals surface area contributed by atoms with Crippen LogP contribution in [0, 0.1) is 18.2 Å². The zero-order valence-electron chi connectivity index (χ0n) is 50.7. The summed E-state index contributed by atoms with van der Waals surface area (Å²) in [5, 5.41) is 22.0. The summed E-state index contributed by atoms with van der Waals surface area (Å²) in [5.74, 6) is -5.34. The van der Waals surface area contributed by atoms with E-state index in [9.17, 15) is 85.4 Å². The molecular formula is C52H58ClF5N11O22PS4. The number of hydrogen-bond donors (Lipinski definition) is 8. The normalized spacial score (nSPS) is 13.6. The van der Waals surface area contributed by atoms with Crippen LogP contribution in [0.4, 0.5) is 49.1 Å². The molecule has 6 amide bonds. The fourth-order valence-electron chi connectivity index (χ4n) is 7.15. The maximum atomic E-state index is 14.4. The van der Waals surface area contributed by atoms with Crippen LogP contribution in [0.2, 0.25) is 5.02 Å². The number of carboxylic acid groups (broad SMARTS) is 2. The summed E-state index contributed by atoms with van der Waals surface area (Å²) < 4.78 is 173. The average molecular weight is 1480 g/mol. The SMILES string of the molecule is C#CC(C)Oc1cc(N2C(=O)C3=C(CCCC3)C2=O)c(F)cc1Cl.CCS(=O)(=O)c1cccnc1S(=O)(=O)NC(=O)Nc1nc(OC)cc(OC)n1.C[S+](C)C.O=C(Nc1nc(OC(F)F)cc(OC(F)F)n1)NS(=O)(=O)c1ccccc1C(=O)O.O=C(O)CNCP(=O)([O-])O. The number of methoxy groups -OCH3 is 2. The van der Waals surface area contributed by atoms with E-state index in [0.29, 0.717) is 40.9 Å². The number of urea groups is 2. The molecule has 2 atom stereocenters. The smallest absolute Gasteiger partial charge is 0.388 e. The number of nitrogens with one attached hydrogen (secondary N) is 5. The van der Waals surface area contributed by atoms with Crippen molar-refractivity contribution in [3.8, 4) is 41.6 Å². The first-order chi connectivity index (χ1) is 44.7. The number of aromatic nitrogens is 5. The molecule has 0 saturated heterocycles. The van der Waals surface area contributed by atoms with Crippen molar-refractivity contribution in [1.82, 2.24) is 39.7 Å². The van der Waals surface area contributed by atoms with Gasteiger partial charge in [-0.25, -0.2) is 54.9 Å². The van der Waals surface area contributed by atoms with Crippen molar-refractivity contribution in [2.45, 2.75) is 73.7 Å². The number of nitrogens with zero attached hydrogens (tertiary/aromatic N) is 6. The molecule has 2 aromatic carbocycles. The third kappa shape index (κ3) is 25.9. The number of amides is 6. The lowest BCUT2D eigenvalue weighted by Gasteiger charge is -2.19. The first-order valence-corrected chi connectivity index (χ1v) is 35.5. The van der Waals surface area contributed by atoms with Gasteiger partial charge in [0.25, 0.3) is 31.9 Å². The summed E-state index contributed by atoms with van der Waals surface area (Å²) in [5.41, 5.74) is 0.164. The summed E-state index contributed by atoms with van der Waals surface area (Å²) >= 11 is 5.97. The third-order valence-corrected chi connectivity index (χ3v) is 16.5. The molecule has 2 unspecified atom stereocenters. The molecule has 33 nitrogen and oxygen atoms in total. The van der Waals surface area contributed by atoms with E-state index < -0.39 is 149 Å². The Morgan fingerprint density at radius 2 is 1.24 bits per heavy atom. The predicted molar refractivity (Wildman–Crippen MR) is 328 cm³/mol. The second kappa shape index (κ2) is 36.7. The Balaban J connectivity index is 0.000000342. The highest BCUT2D eigenvalue weighted by atomic mass is 35.5. The maximum Gasteiger partial charge on any atom is 0.388 e. The van der Waals surface area contributed by atoms with Crippen molar-refractivity contribution in [3.05, 3.63) is 94.4 Å². The number of sulfonamides is 2. The average Bonchev–Trinajstić information content (AvgIpc) is 1.59. The lowest BCUT2D eigenvalue weighted by Crippen LogP contribution is -2.36. The Morgan fingerprint density at radius 1 is 0.771 bits per heavy atom. The van der Waals surface area contributed by atoms with Crippen molar-refractivity contribution >= 4 is 113 Å². The van der Waals surface area contributed by atoms with Gasteiger partial charge in [-0.2, -0.15) is 45.9 Å². The Bertz CT molecular complexity index is 4060. The van der Waals surface area contributed by atoms with Crippen molar-refractivity contribution in [1.29, 1.82) is 0 Å². The number of carboxylic acids is 2. The van der Waals surface area contributed by atoms with Crippen LogP contribution < -0.4 is 58.9 Å². The number of pyridine rings is 1. The van der Waals surface area contributed by atoms with Crippen LogP contribution in [-0.2, 0) is 59.7 Å². The van der Waals surface area contributed by atoms with Crippen LogP contribution >= 0.6 is 19.2 Å². The van der Waals surface area contributed by atoms with Gasteiger partial charge in [0.1, 0.15) is 29.0 Å². The van der Waals surface area contributed by atoms with Crippen molar-refractivity contribution in [3.63, 3.8) is 0 Å². The predicted octanol–water partition coefficient (Wildman–Crippen LogP) is 4.36. The molecule has 96 heavy (non-hydrogen) atoms. The Morgan fingerprint density at radius 3 is 1.69 bits per heavy atom. The van der Waals surface area contributed by atoms with Gasteiger partial charge < -0.3 is 48.2 Å². The molecule has 7 rings (SSSR count). The van der Waals surface area contributed by atoms with Crippen LogP contribution in [0.25, 0.3) is 0 Å². The highest BCUT2D eigenvalue weighted by molar-refractivity contribution is 7.94. The van der Waals surface area contributed by atoms with Gasteiger partial charge in [-0.15, -0.1) is 6.42 Å². The summed E-state index contributed by atoms with van der Waals surface area (Å²) in [6, 6.07) is 7.97. The van der Waals surface area contributed by atoms with Crippen LogP contribution in [-0.4, -0.2) is 172 Å². The lowest BCUT2D eigenvalue weighted by atomic mass is 9.93. The first-order valence-electron chi connectivity index (χ1n) is 26.3. The molecule has 5 aromatic rings. The molecule has 44 heteroatoms.